The van der Waals surface area contributed by atoms with Crippen molar-refractivity contribution in [3.8, 4) is 0 Å². The molecule has 1 heterocycles. The third-order valence-electron chi connectivity index (χ3n) is 4.11. The van der Waals surface area contributed by atoms with Crippen molar-refractivity contribution in [2.75, 3.05) is 40.0 Å². The molecular formula is C18H23FN2O5. The molecule has 0 radical (unpaired) electrons. The fourth-order valence-electron chi connectivity index (χ4n) is 2.73. The molecule has 2 amide bonds. The zero-order valence-corrected chi connectivity index (χ0v) is 14.7. The minimum Gasteiger partial charge on any atom is -0.455 e. The highest BCUT2D eigenvalue weighted by molar-refractivity contribution is 5.94. The molecule has 1 aromatic rings. The van der Waals surface area contributed by atoms with Crippen molar-refractivity contribution in [3.05, 3.63) is 35.6 Å². The fourth-order valence-corrected chi connectivity index (χ4v) is 2.73. The van der Waals surface area contributed by atoms with E-state index in [1.807, 2.05) is 0 Å². The Kier molecular flexibility index (Phi) is 7.53. The number of hydrogen-bond acceptors (Lipinski definition) is 5. The largest absolute Gasteiger partial charge is 0.455 e. The molecule has 7 nitrogen and oxygen atoms in total. The number of nitrogens with one attached hydrogen (secondary N) is 1. The zero-order chi connectivity index (χ0) is 18.9. The van der Waals surface area contributed by atoms with E-state index >= 15 is 0 Å². The SMILES string of the molecule is COCCNC(=O)COC(=O)C1CCCN(C(=O)c2ccc(F)cc2)C1. The second-order valence-corrected chi connectivity index (χ2v) is 6.05. The van der Waals surface area contributed by atoms with Crippen molar-refractivity contribution in [2.45, 2.75) is 12.8 Å². The number of carbonyl (C=O) groups excluding carboxylic acids is 3. The number of carbonyl (C=O) groups is 3. The summed E-state index contributed by atoms with van der Waals surface area (Å²) in [5.41, 5.74) is 0.373. The Morgan fingerprint density at radius 1 is 1.27 bits per heavy atom. The van der Waals surface area contributed by atoms with Crippen LogP contribution in [0.4, 0.5) is 4.39 Å². The van der Waals surface area contributed by atoms with E-state index in [1.165, 1.54) is 31.4 Å². The van der Waals surface area contributed by atoms with Crippen LogP contribution < -0.4 is 5.32 Å². The molecule has 0 aromatic heterocycles. The number of rotatable bonds is 7. The number of halogens is 1. The summed E-state index contributed by atoms with van der Waals surface area (Å²) < 4.78 is 22.8. The van der Waals surface area contributed by atoms with Crippen LogP contribution in [0.25, 0.3) is 0 Å². The molecule has 1 aliphatic rings. The van der Waals surface area contributed by atoms with Crippen molar-refractivity contribution < 1.29 is 28.2 Å². The van der Waals surface area contributed by atoms with E-state index in [2.05, 4.69) is 5.32 Å². The molecule has 1 saturated heterocycles. The summed E-state index contributed by atoms with van der Waals surface area (Å²) >= 11 is 0. The number of hydrogen-bond donors (Lipinski definition) is 1. The monoisotopic (exact) mass is 366 g/mol. The lowest BCUT2D eigenvalue weighted by Crippen LogP contribution is -2.43. The molecule has 0 saturated carbocycles. The summed E-state index contributed by atoms with van der Waals surface area (Å²) in [5.74, 6) is -2.03. The molecule has 26 heavy (non-hydrogen) atoms. The van der Waals surface area contributed by atoms with Gasteiger partial charge in [-0.2, -0.15) is 0 Å². The van der Waals surface area contributed by atoms with E-state index in [0.717, 1.165) is 0 Å². The van der Waals surface area contributed by atoms with Gasteiger partial charge in [-0.15, -0.1) is 0 Å². The molecule has 8 heteroatoms. The third kappa shape index (κ3) is 5.80. The van der Waals surface area contributed by atoms with Crippen LogP contribution in [0.5, 0.6) is 0 Å². The highest BCUT2D eigenvalue weighted by atomic mass is 19.1. The standard InChI is InChI=1S/C18H23FN2O5/c1-25-10-8-20-16(22)12-26-18(24)14-3-2-9-21(11-14)17(23)13-4-6-15(19)7-5-13/h4-7,14H,2-3,8-12H2,1H3,(H,20,22). The lowest BCUT2D eigenvalue weighted by atomic mass is 9.97. The fraction of sp³-hybridized carbons (Fsp3) is 0.500. The minimum atomic E-state index is -0.497. The van der Waals surface area contributed by atoms with Gasteiger partial charge in [-0.1, -0.05) is 0 Å². The predicted octanol–water partition coefficient (Wildman–Crippen LogP) is 0.984. The Hall–Kier alpha value is -2.48. The topological polar surface area (TPSA) is 84.9 Å². The van der Waals surface area contributed by atoms with Crippen LogP contribution in [0.3, 0.4) is 0 Å². The molecule has 1 unspecified atom stereocenters. The average molecular weight is 366 g/mol. The number of benzene rings is 1. The first-order chi connectivity index (χ1) is 12.5. The van der Waals surface area contributed by atoms with Crippen molar-refractivity contribution in [2.24, 2.45) is 5.92 Å². The maximum atomic E-state index is 13.0. The van der Waals surface area contributed by atoms with E-state index in [1.54, 1.807) is 4.90 Å². The van der Waals surface area contributed by atoms with Crippen molar-refractivity contribution in [3.63, 3.8) is 0 Å². The smallest absolute Gasteiger partial charge is 0.311 e. The predicted molar refractivity (Wildman–Crippen MR) is 90.9 cm³/mol. The number of amides is 2. The van der Waals surface area contributed by atoms with Crippen LogP contribution >= 0.6 is 0 Å². The maximum absolute atomic E-state index is 13.0. The van der Waals surface area contributed by atoms with Gasteiger partial charge in [-0.3, -0.25) is 14.4 Å². The minimum absolute atomic E-state index is 0.223. The van der Waals surface area contributed by atoms with Gasteiger partial charge < -0.3 is 19.7 Å². The quantitative estimate of drug-likeness (QED) is 0.574. The Bertz CT molecular complexity index is 635. The van der Waals surface area contributed by atoms with Crippen LogP contribution in [0, 0.1) is 11.7 Å². The second kappa shape index (κ2) is 9.86. The first-order valence-corrected chi connectivity index (χ1v) is 8.48. The van der Waals surface area contributed by atoms with Gasteiger partial charge in [0.2, 0.25) is 0 Å². The molecule has 1 aromatic carbocycles. The summed E-state index contributed by atoms with van der Waals surface area (Å²) in [6.45, 7) is 1.11. The van der Waals surface area contributed by atoms with Crippen LogP contribution in [0.2, 0.25) is 0 Å². The molecular weight excluding hydrogens is 343 g/mol. The highest BCUT2D eigenvalue weighted by Gasteiger charge is 2.30. The van der Waals surface area contributed by atoms with Crippen LogP contribution in [-0.4, -0.2) is 62.6 Å². The normalized spacial score (nSPS) is 16.8. The average Bonchev–Trinajstić information content (AvgIpc) is 2.66. The summed E-state index contributed by atoms with van der Waals surface area (Å²) in [5, 5.41) is 2.56. The maximum Gasteiger partial charge on any atom is 0.311 e. The van der Waals surface area contributed by atoms with Crippen LogP contribution in [0.1, 0.15) is 23.2 Å². The van der Waals surface area contributed by atoms with Gasteiger partial charge in [-0.25, -0.2) is 4.39 Å². The summed E-state index contributed by atoms with van der Waals surface area (Å²) in [7, 11) is 1.52. The van der Waals surface area contributed by atoms with Gasteiger partial charge in [0.25, 0.3) is 11.8 Å². The molecule has 0 spiro atoms. The molecule has 0 bridgehead atoms. The molecule has 1 atom stereocenters. The summed E-state index contributed by atoms with van der Waals surface area (Å²) in [6.07, 6.45) is 1.25. The number of likely N-dealkylation sites (tertiary alicyclic amines) is 1. The first kappa shape index (κ1) is 19.8. The van der Waals surface area contributed by atoms with Crippen molar-refractivity contribution in [1.29, 1.82) is 0 Å². The summed E-state index contributed by atoms with van der Waals surface area (Å²) in [4.78, 5) is 37.7. The molecule has 1 fully saturated rings. The lowest BCUT2D eigenvalue weighted by Gasteiger charge is -2.31. The number of esters is 1. The zero-order valence-electron chi connectivity index (χ0n) is 14.7. The van der Waals surface area contributed by atoms with E-state index in [4.69, 9.17) is 9.47 Å². The first-order valence-electron chi connectivity index (χ1n) is 8.48. The third-order valence-corrected chi connectivity index (χ3v) is 4.11. The number of piperidine rings is 1. The summed E-state index contributed by atoms with van der Waals surface area (Å²) in [6, 6.07) is 5.30. The number of nitrogens with zero attached hydrogens (tertiary/aromatic N) is 1. The molecule has 1 aliphatic heterocycles. The van der Waals surface area contributed by atoms with E-state index < -0.39 is 23.6 Å². The Labute approximate surface area is 151 Å². The van der Waals surface area contributed by atoms with Gasteiger partial charge in [-0.05, 0) is 37.1 Å². The molecule has 0 aliphatic carbocycles. The highest BCUT2D eigenvalue weighted by Crippen LogP contribution is 2.20. The molecule has 2 rings (SSSR count). The van der Waals surface area contributed by atoms with Crippen molar-refractivity contribution >= 4 is 17.8 Å². The Morgan fingerprint density at radius 2 is 2.00 bits per heavy atom. The van der Waals surface area contributed by atoms with E-state index in [9.17, 15) is 18.8 Å². The molecule has 1 N–H and O–H groups in total. The van der Waals surface area contributed by atoms with E-state index in [-0.39, 0.29) is 19.1 Å². The van der Waals surface area contributed by atoms with Crippen LogP contribution in [0.15, 0.2) is 24.3 Å². The van der Waals surface area contributed by atoms with Crippen LogP contribution in [-0.2, 0) is 19.1 Å². The van der Waals surface area contributed by atoms with Gasteiger partial charge in [0.1, 0.15) is 5.82 Å². The second-order valence-electron chi connectivity index (χ2n) is 6.05. The van der Waals surface area contributed by atoms with Gasteiger partial charge in [0, 0.05) is 32.3 Å². The Balaban J connectivity index is 1.83. The Morgan fingerprint density at radius 3 is 2.69 bits per heavy atom. The van der Waals surface area contributed by atoms with Crippen molar-refractivity contribution in [1.82, 2.24) is 10.2 Å². The van der Waals surface area contributed by atoms with Gasteiger partial charge in [0.15, 0.2) is 6.61 Å². The van der Waals surface area contributed by atoms with E-state index in [0.29, 0.717) is 38.1 Å². The lowest BCUT2D eigenvalue weighted by molar-refractivity contribution is -0.154. The number of methoxy groups -OCH3 is 1. The molecule has 142 valence electrons. The number of ether oxygens (including phenoxy) is 2. The van der Waals surface area contributed by atoms with Gasteiger partial charge >= 0.3 is 5.97 Å². The van der Waals surface area contributed by atoms with Gasteiger partial charge in [0.05, 0.1) is 12.5 Å².